The number of phenols is 1. The van der Waals surface area contributed by atoms with Crippen molar-refractivity contribution >= 4 is 0 Å². The van der Waals surface area contributed by atoms with Crippen molar-refractivity contribution in [2.45, 2.75) is 12.3 Å². The first-order valence-corrected chi connectivity index (χ1v) is 9.27. The van der Waals surface area contributed by atoms with Gasteiger partial charge in [0.15, 0.2) is 0 Å². The van der Waals surface area contributed by atoms with E-state index in [0.717, 1.165) is 5.56 Å². The average molecular weight is 348 g/mol. The van der Waals surface area contributed by atoms with Crippen molar-refractivity contribution in [1.82, 2.24) is 0 Å². The fraction of sp³-hybridized carbons (Fsp3) is 0.0769. The third-order valence-corrected chi connectivity index (χ3v) is 5.69. The second kappa shape index (κ2) is 5.85. The van der Waals surface area contributed by atoms with Gasteiger partial charge in [0.25, 0.3) is 0 Å². The van der Waals surface area contributed by atoms with Crippen molar-refractivity contribution in [3.63, 3.8) is 0 Å². The van der Waals surface area contributed by atoms with E-state index in [1.807, 2.05) is 6.07 Å². The SMILES string of the molecule is Cc1ccc2c(c1)-c1cc(O)ccc1C2(c1ccccc1)c1ccccc1. The molecule has 5 rings (SSSR count). The van der Waals surface area contributed by atoms with Crippen LogP contribution in [0.5, 0.6) is 5.75 Å². The molecular formula is C26H20O. The quantitative estimate of drug-likeness (QED) is 0.411. The van der Waals surface area contributed by atoms with E-state index in [1.54, 1.807) is 6.07 Å². The molecule has 0 aromatic heterocycles. The van der Waals surface area contributed by atoms with Crippen LogP contribution in [-0.2, 0) is 5.41 Å². The van der Waals surface area contributed by atoms with Crippen molar-refractivity contribution in [1.29, 1.82) is 0 Å². The number of benzene rings is 4. The summed E-state index contributed by atoms with van der Waals surface area (Å²) in [7, 11) is 0. The van der Waals surface area contributed by atoms with E-state index in [0.29, 0.717) is 5.75 Å². The van der Waals surface area contributed by atoms with Crippen molar-refractivity contribution in [3.05, 3.63) is 125 Å². The van der Waals surface area contributed by atoms with Gasteiger partial charge in [-0.3, -0.25) is 0 Å². The molecule has 0 aliphatic heterocycles. The fourth-order valence-electron chi connectivity index (χ4n) is 4.60. The molecule has 1 nitrogen and oxygen atoms in total. The molecule has 0 unspecified atom stereocenters. The number of phenolic OH excluding ortho intramolecular Hbond substituents is 1. The molecule has 0 spiro atoms. The average Bonchev–Trinajstić information content (AvgIpc) is 2.99. The Hall–Kier alpha value is -3.32. The predicted molar refractivity (Wildman–Crippen MR) is 110 cm³/mol. The number of aromatic hydroxyl groups is 1. The number of aryl methyl sites for hydroxylation is 1. The molecule has 0 saturated heterocycles. The third-order valence-electron chi connectivity index (χ3n) is 5.69. The lowest BCUT2D eigenvalue weighted by atomic mass is 9.67. The van der Waals surface area contributed by atoms with Gasteiger partial charge in [0.05, 0.1) is 5.41 Å². The Morgan fingerprint density at radius 3 is 1.70 bits per heavy atom. The van der Waals surface area contributed by atoms with Crippen LogP contribution < -0.4 is 0 Å². The highest BCUT2D eigenvalue weighted by atomic mass is 16.3. The Morgan fingerprint density at radius 1 is 0.593 bits per heavy atom. The molecule has 1 N–H and O–H groups in total. The zero-order valence-corrected chi connectivity index (χ0v) is 15.2. The minimum absolute atomic E-state index is 0.304. The summed E-state index contributed by atoms with van der Waals surface area (Å²) in [5.74, 6) is 0.304. The standard InChI is InChI=1S/C26H20O/c1-18-12-14-24-22(16-18)23-17-21(27)13-15-25(23)26(24,19-8-4-2-5-9-19)20-10-6-3-7-11-20/h2-17,27H,1H3. The van der Waals surface area contributed by atoms with Crippen LogP contribution in [-0.4, -0.2) is 5.11 Å². The first kappa shape index (κ1) is 15.9. The van der Waals surface area contributed by atoms with Crippen LogP contribution in [0.2, 0.25) is 0 Å². The van der Waals surface area contributed by atoms with Crippen LogP contribution in [0.1, 0.15) is 27.8 Å². The molecular weight excluding hydrogens is 328 g/mol. The largest absolute Gasteiger partial charge is 0.508 e. The highest BCUT2D eigenvalue weighted by molar-refractivity contribution is 5.87. The van der Waals surface area contributed by atoms with Crippen LogP contribution in [0.3, 0.4) is 0 Å². The molecule has 1 heteroatoms. The Balaban J connectivity index is 1.98. The molecule has 0 fully saturated rings. The Kier molecular flexibility index (Phi) is 3.45. The highest BCUT2D eigenvalue weighted by Gasteiger charge is 2.46. The Morgan fingerprint density at radius 2 is 1.11 bits per heavy atom. The molecule has 27 heavy (non-hydrogen) atoms. The molecule has 0 heterocycles. The monoisotopic (exact) mass is 348 g/mol. The fourth-order valence-corrected chi connectivity index (χ4v) is 4.60. The molecule has 130 valence electrons. The zero-order chi connectivity index (χ0) is 18.4. The van der Waals surface area contributed by atoms with Gasteiger partial charge < -0.3 is 5.11 Å². The molecule has 4 aromatic rings. The number of hydrogen-bond donors (Lipinski definition) is 1. The lowest BCUT2D eigenvalue weighted by Crippen LogP contribution is -2.28. The maximum Gasteiger partial charge on any atom is 0.116 e. The van der Waals surface area contributed by atoms with E-state index in [2.05, 4.69) is 91.9 Å². The summed E-state index contributed by atoms with van der Waals surface area (Å²) >= 11 is 0. The minimum atomic E-state index is -0.380. The van der Waals surface area contributed by atoms with E-state index in [-0.39, 0.29) is 5.41 Å². The van der Waals surface area contributed by atoms with Gasteiger partial charge >= 0.3 is 0 Å². The van der Waals surface area contributed by atoms with Crippen molar-refractivity contribution in [3.8, 4) is 16.9 Å². The molecule has 0 radical (unpaired) electrons. The van der Waals surface area contributed by atoms with Gasteiger partial charge in [0, 0.05) is 0 Å². The normalized spacial score (nSPS) is 13.8. The van der Waals surface area contributed by atoms with Gasteiger partial charge in [0.2, 0.25) is 0 Å². The van der Waals surface area contributed by atoms with Crippen LogP contribution >= 0.6 is 0 Å². The van der Waals surface area contributed by atoms with Gasteiger partial charge in [-0.25, -0.2) is 0 Å². The molecule has 0 atom stereocenters. The molecule has 0 bridgehead atoms. The first-order chi connectivity index (χ1) is 13.2. The zero-order valence-electron chi connectivity index (χ0n) is 15.2. The number of rotatable bonds is 2. The summed E-state index contributed by atoms with van der Waals surface area (Å²) in [4.78, 5) is 0. The summed E-state index contributed by atoms with van der Waals surface area (Å²) in [6.07, 6.45) is 0. The summed E-state index contributed by atoms with van der Waals surface area (Å²) in [6, 6.07) is 33.8. The second-order valence-corrected chi connectivity index (χ2v) is 7.26. The van der Waals surface area contributed by atoms with E-state index in [1.165, 1.54) is 33.4 Å². The number of fused-ring (bicyclic) bond motifs is 3. The van der Waals surface area contributed by atoms with Gasteiger partial charge in [0.1, 0.15) is 5.75 Å². The summed E-state index contributed by atoms with van der Waals surface area (Å²) in [5, 5.41) is 10.2. The van der Waals surface area contributed by atoms with E-state index < -0.39 is 0 Å². The summed E-state index contributed by atoms with van der Waals surface area (Å²) in [6.45, 7) is 2.12. The van der Waals surface area contributed by atoms with Crippen LogP contribution in [0.25, 0.3) is 11.1 Å². The molecule has 0 amide bonds. The minimum Gasteiger partial charge on any atom is -0.508 e. The lowest BCUT2D eigenvalue weighted by molar-refractivity contribution is 0.475. The van der Waals surface area contributed by atoms with E-state index in [4.69, 9.17) is 0 Å². The third kappa shape index (κ3) is 2.18. The van der Waals surface area contributed by atoms with Gasteiger partial charge in [-0.15, -0.1) is 0 Å². The van der Waals surface area contributed by atoms with E-state index in [9.17, 15) is 5.11 Å². The topological polar surface area (TPSA) is 20.2 Å². The second-order valence-electron chi connectivity index (χ2n) is 7.26. The number of hydrogen-bond acceptors (Lipinski definition) is 1. The van der Waals surface area contributed by atoms with Crippen LogP contribution in [0.15, 0.2) is 97.1 Å². The summed E-state index contributed by atoms with van der Waals surface area (Å²) < 4.78 is 0. The van der Waals surface area contributed by atoms with Crippen molar-refractivity contribution in [2.24, 2.45) is 0 Å². The molecule has 4 aromatic carbocycles. The predicted octanol–water partition coefficient (Wildman–Crippen LogP) is 6.06. The van der Waals surface area contributed by atoms with Gasteiger partial charge in [-0.2, -0.15) is 0 Å². The Labute approximate surface area is 159 Å². The Bertz CT molecular complexity index is 1030. The van der Waals surface area contributed by atoms with Crippen LogP contribution in [0.4, 0.5) is 0 Å². The molecule has 1 aliphatic rings. The maximum atomic E-state index is 10.2. The molecule has 1 aliphatic carbocycles. The van der Waals surface area contributed by atoms with Crippen molar-refractivity contribution in [2.75, 3.05) is 0 Å². The maximum absolute atomic E-state index is 10.2. The smallest absolute Gasteiger partial charge is 0.116 e. The van der Waals surface area contributed by atoms with Crippen molar-refractivity contribution < 1.29 is 5.11 Å². The van der Waals surface area contributed by atoms with Gasteiger partial charge in [-0.05, 0) is 52.4 Å². The lowest BCUT2D eigenvalue weighted by Gasteiger charge is -2.33. The highest BCUT2D eigenvalue weighted by Crippen LogP contribution is 2.56. The first-order valence-electron chi connectivity index (χ1n) is 9.27. The molecule has 0 saturated carbocycles. The summed E-state index contributed by atoms with van der Waals surface area (Å²) in [5.41, 5.74) is 8.13. The van der Waals surface area contributed by atoms with Crippen LogP contribution in [0, 0.1) is 6.92 Å². The van der Waals surface area contributed by atoms with E-state index >= 15 is 0 Å². The van der Waals surface area contributed by atoms with Gasteiger partial charge in [-0.1, -0.05) is 90.5 Å².